The first-order valence-corrected chi connectivity index (χ1v) is 6.62. The molecule has 1 saturated heterocycles. The van der Waals surface area contributed by atoms with E-state index in [1.807, 2.05) is 0 Å². The third-order valence-electron chi connectivity index (χ3n) is 2.44. The molecule has 2 heterocycles. The quantitative estimate of drug-likeness (QED) is 0.758. The number of thiazole rings is 1. The fourth-order valence-corrected chi connectivity index (χ4v) is 2.46. The van der Waals surface area contributed by atoms with Crippen LogP contribution in [0.5, 0.6) is 0 Å². The summed E-state index contributed by atoms with van der Waals surface area (Å²) in [5.74, 6) is -0.549. The van der Waals surface area contributed by atoms with Gasteiger partial charge in [-0.25, -0.2) is 4.98 Å². The van der Waals surface area contributed by atoms with Gasteiger partial charge in [-0.15, -0.1) is 11.3 Å². The lowest BCUT2D eigenvalue weighted by molar-refractivity contribution is -0.130. The van der Waals surface area contributed by atoms with Crippen molar-refractivity contribution >= 4 is 28.3 Å². The molecule has 0 unspecified atom stereocenters. The van der Waals surface area contributed by atoms with E-state index in [0.717, 1.165) is 16.6 Å². The molecule has 18 heavy (non-hydrogen) atoms. The van der Waals surface area contributed by atoms with Crippen LogP contribution in [0.2, 0.25) is 0 Å². The molecule has 0 spiro atoms. The van der Waals surface area contributed by atoms with Gasteiger partial charge >= 0.3 is 0 Å². The predicted molar refractivity (Wildman–Crippen MR) is 69.5 cm³/mol. The van der Waals surface area contributed by atoms with Crippen molar-refractivity contribution in [1.82, 2.24) is 15.6 Å². The normalized spacial score (nSPS) is 16.3. The highest BCUT2D eigenvalue weighted by Gasteiger charge is 2.24. The summed E-state index contributed by atoms with van der Waals surface area (Å²) < 4.78 is 0. The Bertz CT molecular complexity index is 442. The van der Waals surface area contributed by atoms with E-state index in [2.05, 4.69) is 29.5 Å². The third kappa shape index (κ3) is 3.27. The van der Waals surface area contributed by atoms with E-state index in [9.17, 15) is 9.59 Å². The molecule has 2 N–H and O–H groups in total. The summed E-state index contributed by atoms with van der Waals surface area (Å²) in [6, 6.07) is 0.415. The minimum absolute atomic E-state index is 0.191. The second-order valence-electron chi connectivity index (χ2n) is 4.47. The SMILES string of the molecule is CC(C)NCc1cnc(N2CC(=O)NC(=O)C2)s1. The summed E-state index contributed by atoms with van der Waals surface area (Å²) in [6.07, 6.45) is 1.78. The Hall–Kier alpha value is -1.47. The van der Waals surface area contributed by atoms with E-state index >= 15 is 0 Å². The number of imide groups is 1. The minimum atomic E-state index is -0.275. The highest BCUT2D eigenvalue weighted by Crippen LogP contribution is 2.22. The lowest BCUT2D eigenvalue weighted by Crippen LogP contribution is -2.51. The number of amides is 2. The second kappa shape index (κ2) is 5.45. The van der Waals surface area contributed by atoms with Gasteiger partial charge in [-0.2, -0.15) is 0 Å². The van der Waals surface area contributed by atoms with Gasteiger partial charge in [-0.05, 0) is 0 Å². The summed E-state index contributed by atoms with van der Waals surface area (Å²) in [6.45, 7) is 5.29. The van der Waals surface area contributed by atoms with Gasteiger partial charge in [0.15, 0.2) is 5.13 Å². The highest BCUT2D eigenvalue weighted by molar-refractivity contribution is 7.15. The average molecular weight is 268 g/mol. The van der Waals surface area contributed by atoms with E-state index in [4.69, 9.17) is 0 Å². The number of carbonyl (C=O) groups is 2. The highest BCUT2D eigenvalue weighted by atomic mass is 32.1. The van der Waals surface area contributed by atoms with E-state index in [-0.39, 0.29) is 24.9 Å². The van der Waals surface area contributed by atoms with Crippen molar-refractivity contribution in [2.75, 3.05) is 18.0 Å². The lowest BCUT2D eigenvalue weighted by atomic mass is 10.4. The maximum absolute atomic E-state index is 11.3. The standard InChI is InChI=1S/C11H16N4O2S/c1-7(2)12-3-8-4-13-11(18-8)15-5-9(16)14-10(17)6-15/h4,7,12H,3,5-6H2,1-2H3,(H,14,16,17). The number of piperazine rings is 1. The largest absolute Gasteiger partial charge is 0.329 e. The zero-order chi connectivity index (χ0) is 13.1. The molecule has 1 aliphatic rings. The monoisotopic (exact) mass is 268 g/mol. The molecule has 98 valence electrons. The first-order chi connectivity index (χ1) is 8.54. The van der Waals surface area contributed by atoms with Crippen molar-refractivity contribution in [3.63, 3.8) is 0 Å². The Balaban J connectivity index is 2.00. The fraction of sp³-hybridized carbons (Fsp3) is 0.545. The van der Waals surface area contributed by atoms with Crippen molar-refractivity contribution in [2.45, 2.75) is 26.4 Å². The van der Waals surface area contributed by atoms with Crippen LogP contribution in [0.4, 0.5) is 5.13 Å². The van der Waals surface area contributed by atoms with Crippen LogP contribution in [0.25, 0.3) is 0 Å². The second-order valence-corrected chi connectivity index (χ2v) is 5.57. The van der Waals surface area contributed by atoms with E-state index in [0.29, 0.717) is 6.04 Å². The maximum Gasteiger partial charge on any atom is 0.246 e. The summed E-state index contributed by atoms with van der Waals surface area (Å²) >= 11 is 1.51. The first-order valence-electron chi connectivity index (χ1n) is 5.80. The van der Waals surface area contributed by atoms with Gasteiger partial charge < -0.3 is 10.2 Å². The first kappa shape index (κ1) is 13.0. The van der Waals surface area contributed by atoms with Crippen LogP contribution < -0.4 is 15.5 Å². The molecule has 1 aromatic heterocycles. The molecule has 0 saturated carbocycles. The molecular formula is C11H16N4O2S. The zero-order valence-electron chi connectivity index (χ0n) is 10.4. The maximum atomic E-state index is 11.3. The number of nitrogens with zero attached hydrogens (tertiary/aromatic N) is 2. The van der Waals surface area contributed by atoms with Crippen LogP contribution in [0.3, 0.4) is 0 Å². The summed E-state index contributed by atoms with van der Waals surface area (Å²) in [7, 11) is 0. The van der Waals surface area contributed by atoms with Crippen LogP contribution in [0.1, 0.15) is 18.7 Å². The zero-order valence-corrected chi connectivity index (χ0v) is 11.2. The number of carbonyl (C=O) groups excluding carboxylic acids is 2. The Labute approximate surface area is 109 Å². The van der Waals surface area contributed by atoms with Crippen LogP contribution in [-0.4, -0.2) is 35.9 Å². The van der Waals surface area contributed by atoms with Gasteiger partial charge in [-0.3, -0.25) is 14.9 Å². The molecule has 1 aromatic rings. The Kier molecular flexibility index (Phi) is 3.93. The van der Waals surface area contributed by atoms with Gasteiger partial charge in [0.05, 0.1) is 0 Å². The lowest BCUT2D eigenvalue weighted by Gasteiger charge is -2.24. The van der Waals surface area contributed by atoms with Gasteiger partial charge in [0.1, 0.15) is 13.1 Å². The Morgan fingerprint density at radius 3 is 2.72 bits per heavy atom. The number of anilines is 1. The Morgan fingerprint density at radius 1 is 1.44 bits per heavy atom. The molecular weight excluding hydrogens is 252 g/mol. The van der Waals surface area contributed by atoms with E-state index in [1.54, 1.807) is 11.1 Å². The number of nitrogens with one attached hydrogen (secondary N) is 2. The van der Waals surface area contributed by atoms with Crippen molar-refractivity contribution in [1.29, 1.82) is 0 Å². The van der Waals surface area contributed by atoms with Crippen LogP contribution >= 0.6 is 11.3 Å². The fourth-order valence-electron chi connectivity index (χ4n) is 1.60. The molecule has 7 heteroatoms. The molecule has 2 rings (SSSR count). The van der Waals surface area contributed by atoms with Gasteiger partial charge in [0.2, 0.25) is 11.8 Å². The van der Waals surface area contributed by atoms with Gasteiger partial charge in [0.25, 0.3) is 0 Å². The average Bonchev–Trinajstić information content (AvgIpc) is 2.73. The predicted octanol–water partition coefficient (Wildman–Crippen LogP) is 0.104. The molecule has 0 bridgehead atoms. The molecule has 1 aliphatic heterocycles. The van der Waals surface area contributed by atoms with Crippen molar-refractivity contribution < 1.29 is 9.59 Å². The smallest absolute Gasteiger partial charge is 0.246 e. The molecule has 0 radical (unpaired) electrons. The molecule has 6 nitrogen and oxygen atoms in total. The van der Waals surface area contributed by atoms with E-state index < -0.39 is 0 Å². The topological polar surface area (TPSA) is 74.3 Å². The van der Waals surface area contributed by atoms with Crippen molar-refractivity contribution in [3.8, 4) is 0 Å². The van der Waals surface area contributed by atoms with Crippen LogP contribution in [-0.2, 0) is 16.1 Å². The minimum Gasteiger partial charge on any atom is -0.329 e. The van der Waals surface area contributed by atoms with Crippen LogP contribution in [0.15, 0.2) is 6.20 Å². The molecule has 0 aromatic carbocycles. The molecule has 2 amide bonds. The number of rotatable bonds is 4. The summed E-state index contributed by atoms with van der Waals surface area (Å²) in [5, 5.41) is 6.29. The Morgan fingerprint density at radius 2 is 2.11 bits per heavy atom. The molecule has 0 atom stereocenters. The number of hydrogen-bond donors (Lipinski definition) is 2. The molecule has 0 aliphatic carbocycles. The summed E-state index contributed by atoms with van der Waals surface area (Å²) in [4.78, 5) is 29.6. The van der Waals surface area contributed by atoms with Crippen LogP contribution in [0, 0.1) is 0 Å². The van der Waals surface area contributed by atoms with Gasteiger partial charge in [-0.1, -0.05) is 13.8 Å². The van der Waals surface area contributed by atoms with Gasteiger partial charge in [0, 0.05) is 23.7 Å². The summed E-state index contributed by atoms with van der Waals surface area (Å²) in [5.41, 5.74) is 0. The number of aromatic nitrogens is 1. The molecule has 1 fully saturated rings. The third-order valence-corrected chi connectivity index (χ3v) is 3.50. The van der Waals surface area contributed by atoms with Crippen molar-refractivity contribution in [2.24, 2.45) is 0 Å². The number of hydrogen-bond acceptors (Lipinski definition) is 6. The van der Waals surface area contributed by atoms with E-state index in [1.165, 1.54) is 11.3 Å². The van der Waals surface area contributed by atoms with Crippen molar-refractivity contribution in [3.05, 3.63) is 11.1 Å².